The van der Waals surface area contributed by atoms with Crippen LogP contribution in [0.1, 0.15) is 38.9 Å². The van der Waals surface area contributed by atoms with Gasteiger partial charge in [-0.2, -0.15) is 0 Å². The van der Waals surface area contributed by atoms with Crippen molar-refractivity contribution in [1.29, 1.82) is 0 Å². The first kappa shape index (κ1) is 17.5. The van der Waals surface area contributed by atoms with Crippen molar-refractivity contribution in [3.8, 4) is 0 Å². The third-order valence-electron chi connectivity index (χ3n) is 4.22. The number of furan rings is 1. The molecule has 2 heterocycles. The molecule has 124 valence electrons. The third-order valence-corrected chi connectivity index (χ3v) is 6.40. The number of amides is 1. The molecule has 1 aliphatic heterocycles. The Balaban J connectivity index is 2.22. The first-order chi connectivity index (χ1) is 10.4. The highest BCUT2D eigenvalue weighted by Crippen LogP contribution is 2.25. The van der Waals surface area contributed by atoms with E-state index in [-0.39, 0.29) is 29.4 Å². The number of sulfone groups is 1. The van der Waals surface area contributed by atoms with Gasteiger partial charge in [0.2, 0.25) is 5.91 Å². The monoisotopic (exact) mass is 391 g/mol. The fraction of sp³-hybridized carbons (Fsp3) is 0.667. The zero-order valence-electron chi connectivity index (χ0n) is 12.9. The summed E-state index contributed by atoms with van der Waals surface area (Å²) in [5.41, 5.74) is 0. The molecule has 2 rings (SSSR count). The first-order valence-corrected chi connectivity index (χ1v) is 10.2. The summed E-state index contributed by atoms with van der Waals surface area (Å²) < 4.78 is 29.6. The maximum atomic E-state index is 12.8. The lowest BCUT2D eigenvalue weighted by atomic mass is 10.0. The topological polar surface area (TPSA) is 67.6 Å². The van der Waals surface area contributed by atoms with Gasteiger partial charge in [0.15, 0.2) is 14.5 Å². The van der Waals surface area contributed by atoms with Crippen molar-refractivity contribution in [2.75, 3.05) is 11.5 Å². The Kier molecular flexibility index (Phi) is 5.71. The van der Waals surface area contributed by atoms with Gasteiger partial charge in [0.1, 0.15) is 5.76 Å². The number of nitrogens with zero attached hydrogens (tertiary/aromatic N) is 1. The van der Waals surface area contributed by atoms with Gasteiger partial charge >= 0.3 is 0 Å². The van der Waals surface area contributed by atoms with E-state index < -0.39 is 9.84 Å². The summed E-state index contributed by atoms with van der Waals surface area (Å²) in [6.07, 6.45) is 2.02. The van der Waals surface area contributed by atoms with Gasteiger partial charge in [-0.3, -0.25) is 4.79 Å². The summed E-state index contributed by atoms with van der Waals surface area (Å²) in [6.45, 7) is 4.29. The molecule has 7 heteroatoms. The first-order valence-electron chi connectivity index (χ1n) is 7.61. The number of halogens is 1. The van der Waals surface area contributed by atoms with Gasteiger partial charge in [-0.05, 0) is 47.3 Å². The van der Waals surface area contributed by atoms with Gasteiger partial charge in [0, 0.05) is 12.0 Å². The predicted octanol–water partition coefficient (Wildman–Crippen LogP) is 2.99. The van der Waals surface area contributed by atoms with Crippen LogP contribution in [0.4, 0.5) is 0 Å². The molecule has 1 amide bonds. The Morgan fingerprint density at radius 3 is 2.55 bits per heavy atom. The fourth-order valence-corrected chi connectivity index (χ4v) is 4.96. The smallest absolute Gasteiger partial charge is 0.226 e. The fourth-order valence-electron chi connectivity index (χ4n) is 2.89. The molecule has 22 heavy (non-hydrogen) atoms. The summed E-state index contributed by atoms with van der Waals surface area (Å²) in [7, 11) is -3.03. The number of hydrogen-bond donors (Lipinski definition) is 0. The Bertz CT molecular complexity index is 621. The molecule has 0 saturated carbocycles. The number of carbonyl (C=O) groups excluding carboxylic acids is 1. The highest BCUT2D eigenvalue weighted by molar-refractivity contribution is 9.10. The SMILES string of the molecule is CCC(CC)C(=O)N(Cc1ccc(Br)o1)[C@H]1CCS(=O)(=O)C1. The van der Waals surface area contributed by atoms with Gasteiger partial charge in [-0.25, -0.2) is 8.42 Å². The van der Waals surface area contributed by atoms with Crippen LogP contribution < -0.4 is 0 Å². The second-order valence-electron chi connectivity index (χ2n) is 5.74. The van der Waals surface area contributed by atoms with E-state index in [1.807, 2.05) is 13.8 Å². The van der Waals surface area contributed by atoms with Crippen molar-refractivity contribution in [3.05, 3.63) is 22.6 Å². The standard InChI is InChI=1S/C15H22BrNO4S/c1-3-11(4-2)15(18)17(9-13-5-6-14(16)21-13)12-7-8-22(19,20)10-12/h5-6,11-12H,3-4,7-10H2,1-2H3/t12-/m0/s1. The second kappa shape index (κ2) is 7.17. The molecule has 1 saturated heterocycles. The molecule has 0 radical (unpaired) electrons. The van der Waals surface area contributed by atoms with Gasteiger partial charge in [-0.15, -0.1) is 0 Å². The normalized spacial score (nSPS) is 20.5. The molecule has 0 aliphatic carbocycles. The molecule has 5 nitrogen and oxygen atoms in total. The third kappa shape index (κ3) is 4.13. The summed E-state index contributed by atoms with van der Waals surface area (Å²) in [6, 6.07) is 3.34. The lowest BCUT2D eigenvalue weighted by molar-refractivity contribution is -0.138. The van der Waals surface area contributed by atoms with Crippen molar-refractivity contribution in [3.63, 3.8) is 0 Å². The molecule has 1 atom stereocenters. The van der Waals surface area contributed by atoms with E-state index in [0.29, 0.717) is 23.4 Å². The van der Waals surface area contributed by atoms with Crippen LogP contribution in [-0.4, -0.2) is 36.8 Å². The zero-order valence-corrected chi connectivity index (χ0v) is 15.3. The maximum Gasteiger partial charge on any atom is 0.226 e. The van der Waals surface area contributed by atoms with Gasteiger partial charge in [-0.1, -0.05) is 13.8 Å². The molecule has 0 N–H and O–H groups in total. The summed E-state index contributed by atoms with van der Waals surface area (Å²) in [4.78, 5) is 14.5. The predicted molar refractivity (Wildman–Crippen MR) is 88.1 cm³/mol. The molecule has 0 spiro atoms. The van der Waals surface area contributed by atoms with Crippen molar-refractivity contribution < 1.29 is 17.6 Å². The lowest BCUT2D eigenvalue weighted by Crippen LogP contribution is -2.43. The highest BCUT2D eigenvalue weighted by atomic mass is 79.9. The Hall–Kier alpha value is -0.820. The van der Waals surface area contributed by atoms with Crippen LogP contribution in [-0.2, 0) is 21.2 Å². The molecule has 1 fully saturated rings. The average Bonchev–Trinajstić information content (AvgIpc) is 3.03. The Labute approximate surface area is 140 Å². The van der Waals surface area contributed by atoms with E-state index in [1.165, 1.54) is 0 Å². The molecule has 1 aliphatic rings. The summed E-state index contributed by atoms with van der Waals surface area (Å²) >= 11 is 3.25. The minimum atomic E-state index is -3.03. The summed E-state index contributed by atoms with van der Waals surface area (Å²) in [5, 5.41) is 0. The molecule has 0 bridgehead atoms. The van der Waals surface area contributed by atoms with Crippen LogP contribution in [0, 0.1) is 5.92 Å². The molecule has 1 aromatic heterocycles. The van der Waals surface area contributed by atoms with Crippen LogP contribution in [0.2, 0.25) is 0 Å². The molecule has 0 unspecified atom stereocenters. The van der Waals surface area contributed by atoms with Crippen molar-refractivity contribution in [2.24, 2.45) is 5.92 Å². The highest BCUT2D eigenvalue weighted by Gasteiger charge is 2.36. The van der Waals surface area contributed by atoms with Crippen LogP contribution in [0.25, 0.3) is 0 Å². The van der Waals surface area contributed by atoms with Gasteiger partial charge in [0.25, 0.3) is 0 Å². The lowest BCUT2D eigenvalue weighted by Gasteiger charge is -2.30. The quantitative estimate of drug-likeness (QED) is 0.747. The van der Waals surface area contributed by atoms with Gasteiger partial charge < -0.3 is 9.32 Å². The van der Waals surface area contributed by atoms with E-state index in [2.05, 4.69) is 15.9 Å². The van der Waals surface area contributed by atoms with E-state index in [4.69, 9.17) is 4.42 Å². The molecule has 1 aromatic rings. The molecular weight excluding hydrogens is 370 g/mol. The number of carbonyl (C=O) groups is 1. The minimum Gasteiger partial charge on any atom is -0.452 e. The second-order valence-corrected chi connectivity index (χ2v) is 8.75. The van der Waals surface area contributed by atoms with Crippen molar-refractivity contribution >= 4 is 31.7 Å². The molecular formula is C15H22BrNO4S. The zero-order chi connectivity index (χ0) is 16.3. The van der Waals surface area contributed by atoms with E-state index in [1.54, 1.807) is 17.0 Å². The van der Waals surface area contributed by atoms with E-state index in [9.17, 15) is 13.2 Å². The average molecular weight is 392 g/mol. The largest absolute Gasteiger partial charge is 0.452 e. The van der Waals surface area contributed by atoms with E-state index in [0.717, 1.165) is 12.8 Å². The number of rotatable bonds is 6. The maximum absolute atomic E-state index is 12.8. The molecule has 0 aromatic carbocycles. The Morgan fingerprint density at radius 1 is 1.41 bits per heavy atom. The van der Waals surface area contributed by atoms with Crippen LogP contribution in [0.3, 0.4) is 0 Å². The summed E-state index contributed by atoms with van der Waals surface area (Å²) in [5.74, 6) is 0.837. The van der Waals surface area contributed by atoms with E-state index >= 15 is 0 Å². The van der Waals surface area contributed by atoms with Crippen molar-refractivity contribution in [2.45, 2.75) is 45.7 Å². The van der Waals surface area contributed by atoms with Gasteiger partial charge in [0.05, 0.1) is 18.1 Å². The number of hydrogen-bond acceptors (Lipinski definition) is 4. The van der Waals surface area contributed by atoms with Crippen LogP contribution in [0.15, 0.2) is 21.2 Å². The van der Waals surface area contributed by atoms with Crippen LogP contribution in [0.5, 0.6) is 0 Å². The minimum absolute atomic E-state index is 0.0274. The Morgan fingerprint density at radius 2 is 2.09 bits per heavy atom. The van der Waals surface area contributed by atoms with Crippen molar-refractivity contribution in [1.82, 2.24) is 4.90 Å². The van der Waals surface area contributed by atoms with Crippen LogP contribution >= 0.6 is 15.9 Å².